The highest BCUT2D eigenvalue weighted by atomic mass is 19.1. The summed E-state index contributed by atoms with van der Waals surface area (Å²) in [5.74, 6) is -0.233. The summed E-state index contributed by atoms with van der Waals surface area (Å²) in [5, 5.41) is 3.30. The Morgan fingerprint density at radius 2 is 1.48 bits per heavy atom. The van der Waals surface area contributed by atoms with E-state index in [2.05, 4.69) is 61.6 Å². The van der Waals surface area contributed by atoms with Crippen LogP contribution in [-0.2, 0) is 5.41 Å². The molecule has 0 atom stereocenters. The minimum atomic E-state index is -0.233. The van der Waals surface area contributed by atoms with Crippen molar-refractivity contribution < 1.29 is 4.39 Å². The van der Waals surface area contributed by atoms with Gasteiger partial charge in [0.15, 0.2) is 0 Å². The lowest BCUT2D eigenvalue weighted by molar-refractivity contribution is 0.628. The minimum absolute atomic E-state index is 0.0223. The van der Waals surface area contributed by atoms with Crippen LogP contribution in [0.5, 0.6) is 0 Å². The van der Waals surface area contributed by atoms with Crippen LogP contribution in [0.25, 0.3) is 11.1 Å². The highest BCUT2D eigenvalue weighted by molar-refractivity contribution is 5.82. The fourth-order valence-electron chi connectivity index (χ4n) is 3.51. The molecule has 0 unspecified atom stereocenters. The molecule has 114 valence electrons. The predicted molar refractivity (Wildman–Crippen MR) is 93.7 cm³/mol. The first-order chi connectivity index (χ1) is 11.1. The van der Waals surface area contributed by atoms with Crippen LogP contribution in [0.1, 0.15) is 25.0 Å². The molecular formula is C21H18FN. The van der Waals surface area contributed by atoms with Crippen LogP contribution in [0, 0.1) is 5.82 Å². The van der Waals surface area contributed by atoms with Crippen LogP contribution in [0.3, 0.4) is 0 Å². The maximum absolute atomic E-state index is 13.4. The molecule has 1 aliphatic carbocycles. The topological polar surface area (TPSA) is 12.0 Å². The smallest absolute Gasteiger partial charge is 0.125 e. The standard InChI is InChI=1S/C21H18FN/c1-21(2)19-9-4-3-8-17(19)18-11-10-16(13-20(18)21)23-15-7-5-6-14(22)12-15/h3-13,23H,1-2H3. The first-order valence-electron chi connectivity index (χ1n) is 7.83. The van der Waals surface area contributed by atoms with Crippen LogP contribution in [0.4, 0.5) is 15.8 Å². The predicted octanol–water partition coefficient (Wildman–Crippen LogP) is 5.88. The number of hydrogen-bond acceptors (Lipinski definition) is 1. The van der Waals surface area contributed by atoms with Gasteiger partial charge in [-0.05, 0) is 52.6 Å². The fraction of sp³-hybridized carbons (Fsp3) is 0.143. The molecule has 4 rings (SSSR count). The number of hydrogen-bond donors (Lipinski definition) is 1. The van der Waals surface area contributed by atoms with E-state index in [4.69, 9.17) is 0 Å². The zero-order chi connectivity index (χ0) is 16.0. The Labute approximate surface area is 135 Å². The SMILES string of the molecule is CC1(C)c2ccccc2-c2ccc(Nc3cccc(F)c3)cc21. The number of nitrogens with one attached hydrogen (secondary N) is 1. The van der Waals surface area contributed by atoms with Gasteiger partial charge in [0.25, 0.3) is 0 Å². The summed E-state index contributed by atoms with van der Waals surface area (Å²) in [7, 11) is 0. The first kappa shape index (κ1) is 14.0. The average molecular weight is 303 g/mol. The lowest BCUT2D eigenvalue weighted by Crippen LogP contribution is -2.15. The van der Waals surface area contributed by atoms with Crippen molar-refractivity contribution in [2.75, 3.05) is 5.32 Å². The molecule has 0 heterocycles. The zero-order valence-corrected chi connectivity index (χ0v) is 13.2. The highest BCUT2D eigenvalue weighted by Crippen LogP contribution is 2.49. The molecule has 3 aromatic rings. The van der Waals surface area contributed by atoms with Gasteiger partial charge < -0.3 is 5.32 Å². The van der Waals surface area contributed by atoms with Crippen molar-refractivity contribution in [1.82, 2.24) is 0 Å². The van der Waals surface area contributed by atoms with Gasteiger partial charge in [-0.25, -0.2) is 4.39 Å². The third-order valence-corrected chi connectivity index (χ3v) is 4.70. The monoisotopic (exact) mass is 303 g/mol. The number of rotatable bonds is 2. The van der Waals surface area contributed by atoms with Gasteiger partial charge in [-0.2, -0.15) is 0 Å². The summed E-state index contributed by atoms with van der Waals surface area (Å²) >= 11 is 0. The van der Waals surface area contributed by atoms with Crippen molar-refractivity contribution >= 4 is 11.4 Å². The van der Waals surface area contributed by atoms with Crippen molar-refractivity contribution in [3.8, 4) is 11.1 Å². The molecule has 2 heteroatoms. The quantitative estimate of drug-likeness (QED) is 0.623. The summed E-state index contributed by atoms with van der Waals surface area (Å²) < 4.78 is 13.4. The van der Waals surface area contributed by atoms with Crippen LogP contribution in [0.2, 0.25) is 0 Å². The summed E-state index contributed by atoms with van der Waals surface area (Å²) in [6.07, 6.45) is 0. The van der Waals surface area contributed by atoms with Crippen LogP contribution in [-0.4, -0.2) is 0 Å². The summed E-state index contributed by atoms with van der Waals surface area (Å²) in [6.45, 7) is 4.51. The normalized spacial score (nSPS) is 14.2. The highest BCUT2D eigenvalue weighted by Gasteiger charge is 2.35. The second-order valence-corrected chi connectivity index (χ2v) is 6.57. The van der Waals surface area contributed by atoms with Crippen molar-refractivity contribution in [3.63, 3.8) is 0 Å². The van der Waals surface area contributed by atoms with Gasteiger partial charge in [0.05, 0.1) is 0 Å². The van der Waals surface area contributed by atoms with Gasteiger partial charge in [-0.1, -0.05) is 50.2 Å². The maximum atomic E-state index is 13.4. The van der Waals surface area contributed by atoms with Crippen molar-refractivity contribution in [2.24, 2.45) is 0 Å². The fourth-order valence-corrected chi connectivity index (χ4v) is 3.51. The maximum Gasteiger partial charge on any atom is 0.125 e. The zero-order valence-electron chi connectivity index (χ0n) is 13.2. The lowest BCUT2D eigenvalue weighted by atomic mass is 9.82. The molecule has 0 radical (unpaired) electrons. The molecule has 3 aromatic carbocycles. The summed E-state index contributed by atoms with van der Waals surface area (Å²) in [6, 6.07) is 21.5. The van der Waals surface area contributed by atoms with E-state index < -0.39 is 0 Å². The Balaban J connectivity index is 1.77. The van der Waals surface area contributed by atoms with E-state index in [1.165, 1.54) is 34.4 Å². The van der Waals surface area contributed by atoms with E-state index in [9.17, 15) is 4.39 Å². The van der Waals surface area contributed by atoms with Crippen molar-refractivity contribution in [2.45, 2.75) is 19.3 Å². The molecule has 0 saturated carbocycles. The van der Waals surface area contributed by atoms with Crippen LogP contribution in [0.15, 0.2) is 66.7 Å². The molecule has 0 amide bonds. The number of fused-ring (bicyclic) bond motifs is 3. The first-order valence-corrected chi connectivity index (χ1v) is 7.83. The molecule has 1 N–H and O–H groups in total. The summed E-state index contributed by atoms with van der Waals surface area (Å²) in [4.78, 5) is 0. The van der Waals surface area contributed by atoms with Crippen molar-refractivity contribution in [3.05, 3.63) is 83.7 Å². The average Bonchev–Trinajstić information content (AvgIpc) is 2.76. The number of anilines is 2. The van der Waals surface area contributed by atoms with Gasteiger partial charge in [0.1, 0.15) is 5.82 Å². The van der Waals surface area contributed by atoms with Crippen molar-refractivity contribution in [1.29, 1.82) is 0 Å². The Kier molecular flexibility index (Phi) is 3.02. The third-order valence-electron chi connectivity index (χ3n) is 4.70. The second-order valence-electron chi connectivity index (χ2n) is 6.57. The Bertz CT molecular complexity index is 896. The van der Waals surface area contributed by atoms with E-state index >= 15 is 0 Å². The molecule has 0 saturated heterocycles. The second kappa shape index (κ2) is 4.95. The molecular weight excluding hydrogens is 285 g/mol. The van der Waals surface area contributed by atoms with Crippen LogP contribution >= 0.6 is 0 Å². The molecule has 0 fully saturated rings. The number of benzene rings is 3. The largest absolute Gasteiger partial charge is 0.355 e. The van der Waals surface area contributed by atoms with Gasteiger partial charge in [-0.3, -0.25) is 0 Å². The summed E-state index contributed by atoms with van der Waals surface area (Å²) in [5.41, 5.74) is 6.98. The van der Waals surface area contributed by atoms with E-state index in [0.717, 1.165) is 11.4 Å². The van der Waals surface area contributed by atoms with E-state index in [1.54, 1.807) is 6.07 Å². The Morgan fingerprint density at radius 1 is 0.739 bits per heavy atom. The molecule has 1 aliphatic rings. The van der Waals surface area contributed by atoms with Gasteiger partial charge in [0.2, 0.25) is 0 Å². The molecule has 1 nitrogen and oxygen atoms in total. The Morgan fingerprint density at radius 3 is 2.30 bits per heavy atom. The molecule has 0 aromatic heterocycles. The van der Waals surface area contributed by atoms with Gasteiger partial charge in [0, 0.05) is 16.8 Å². The molecule has 0 aliphatic heterocycles. The van der Waals surface area contributed by atoms with Gasteiger partial charge >= 0.3 is 0 Å². The van der Waals surface area contributed by atoms with E-state index in [0.29, 0.717) is 0 Å². The van der Waals surface area contributed by atoms with Crippen LogP contribution < -0.4 is 5.32 Å². The molecule has 0 bridgehead atoms. The minimum Gasteiger partial charge on any atom is -0.355 e. The number of halogens is 1. The molecule has 0 spiro atoms. The van der Waals surface area contributed by atoms with E-state index in [1.807, 2.05) is 6.07 Å². The lowest BCUT2D eigenvalue weighted by Gasteiger charge is -2.22. The third kappa shape index (κ3) is 2.22. The Hall–Kier alpha value is -2.61. The van der Waals surface area contributed by atoms with Gasteiger partial charge in [-0.15, -0.1) is 0 Å². The van der Waals surface area contributed by atoms with E-state index in [-0.39, 0.29) is 11.2 Å². The molecule has 23 heavy (non-hydrogen) atoms.